The van der Waals surface area contributed by atoms with Crippen LogP contribution in [0.4, 0.5) is 0 Å². The first-order chi connectivity index (χ1) is 8.43. The molecule has 1 unspecified atom stereocenters. The second kappa shape index (κ2) is 6.95. The second-order valence-corrected chi connectivity index (χ2v) is 4.96. The van der Waals surface area contributed by atoms with Crippen LogP contribution in [0.25, 0.3) is 0 Å². The zero-order chi connectivity index (χ0) is 13.7. The van der Waals surface area contributed by atoms with E-state index in [2.05, 4.69) is 5.32 Å². The molecule has 100 valence electrons. The molecule has 1 atom stereocenters. The molecule has 0 aliphatic carbocycles. The predicted molar refractivity (Wildman–Crippen MR) is 73.4 cm³/mol. The molecular weight excluding hydrogens is 275 g/mol. The summed E-state index contributed by atoms with van der Waals surface area (Å²) in [5.74, 6) is -0.974. The highest BCUT2D eigenvalue weighted by molar-refractivity contribution is 6.42. The maximum Gasteiger partial charge on any atom is 0.325 e. The summed E-state index contributed by atoms with van der Waals surface area (Å²) in [6.07, 6.45) is 0. The molecule has 0 aliphatic rings. The van der Waals surface area contributed by atoms with E-state index in [1.165, 1.54) is 0 Å². The summed E-state index contributed by atoms with van der Waals surface area (Å²) in [6, 6.07) is 4.13. The Balaban J connectivity index is 2.84. The summed E-state index contributed by atoms with van der Waals surface area (Å²) in [6.45, 7) is 1.29. The summed E-state index contributed by atoms with van der Waals surface area (Å²) < 4.78 is 0. The van der Waals surface area contributed by atoms with Crippen LogP contribution in [0.5, 0.6) is 0 Å². The van der Waals surface area contributed by atoms with E-state index >= 15 is 0 Å². The van der Waals surface area contributed by atoms with Crippen LogP contribution in [-0.2, 0) is 4.79 Å². The number of halogens is 2. The fourth-order valence-electron chi connectivity index (χ4n) is 1.51. The Morgan fingerprint density at radius 1 is 1.44 bits per heavy atom. The van der Waals surface area contributed by atoms with Crippen molar-refractivity contribution in [2.75, 3.05) is 27.2 Å². The normalized spacial score (nSPS) is 12.7. The SMILES string of the molecule is CN(C)CCNC(C(=O)O)c1cccc(Cl)c1Cl. The van der Waals surface area contributed by atoms with E-state index in [0.29, 0.717) is 17.1 Å². The van der Waals surface area contributed by atoms with E-state index in [0.717, 1.165) is 6.54 Å². The van der Waals surface area contributed by atoms with Gasteiger partial charge in [-0.2, -0.15) is 0 Å². The first-order valence-corrected chi connectivity index (χ1v) is 6.24. The summed E-state index contributed by atoms with van der Waals surface area (Å²) in [5, 5.41) is 12.8. The van der Waals surface area contributed by atoms with Gasteiger partial charge in [0.2, 0.25) is 0 Å². The van der Waals surface area contributed by atoms with Gasteiger partial charge in [-0.15, -0.1) is 0 Å². The number of hydrogen-bond donors (Lipinski definition) is 2. The van der Waals surface area contributed by atoms with Crippen molar-refractivity contribution in [3.63, 3.8) is 0 Å². The zero-order valence-electron chi connectivity index (χ0n) is 10.3. The standard InChI is InChI=1S/C12H16Cl2N2O2/c1-16(2)7-6-15-11(12(17)18)8-4-3-5-9(13)10(8)14/h3-5,11,15H,6-7H2,1-2H3,(H,17,18). The highest BCUT2D eigenvalue weighted by Crippen LogP contribution is 2.29. The average molecular weight is 291 g/mol. The number of nitrogens with zero attached hydrogens (tertiary/aromatic N) is 1. The van der Waals surface area contributed by atoms with E-state index in [4.69, 9.17) is 23.2 Å². The average Bonchev–Trinajstić information content (AvgIpc) is 2.28. The monoisotopic (exact) mass is 290 g/mol. The molecule has 4 nitrogen and oxygen atoms in total. The third-order valence-electron chi connectivity index (χ3n) is 2.45. The van der Waals surface area contributed by atoms with Gasteiger partial charge < -0.3 is 10.0 Å². The minimum atomic E-state index is -0.974. The van der Waals surface area contributed by atoms with Crippen LogP contribution in [-0.4, -0.2) is 43.2 Å². The Hall–Kier alpha value is -0.810. The topological polar surface area (TPSA) is 52.6 Å². The van der Waals surface area contributed by atoms with Crippen LogP contribution >= 0.6 is 23.2 Å². The predicted octanol–water partition coefficient (Wildman–Crippen LogP) is 2.27. The van der Waals surface area contributed by atoms with Gasteiger partial charge in [0.05, 0.1) is 10.0 Å². The second-order valence-electron chi connectivity index (χ2n) is 4.17. The molecule has 0 radical (unpaired) electrons. The van der Waals surface area contributed by atoms with Crippen LogP contribution in [0, 0.1) is 0 Å². The molecule has 1 aromatic rings. The number of likely N-dealkylation sites (N-methyl/N-ethyl adjacent to an activating group) is 1. The lowest BCUT2D eigenvalue weighted by Gasteiger charge is -2.18. The van der Waals surface area contributed by atoms with Crippen molar-refractivity contribution < 1.29 is 9.90 Å². The number of aliphatic carboxylic acids is 1. The molecule has 1 rings (SSSR count). The lowest BCUT2D eigenvalue weighted by Crippen LogP contribution is -2.34. The maximum absolute atomic E-state index is 11.3. The molecule has 1 aromatic carbocycles. The third-order valence-corrected chi connectivity index (χ3v) is 3.28. The third kappa shape index (κ3) is 4.14. The Kier molecular flexibility index (Phi) is 5.88. The number of carboxylic acids is 1. The fourth-order valence-corrected chi connectivity index (χ4v) is 1.92. The van der Waals surface area contributed by atoms with Crippen LogP contribution in [0.2, 0.25) is 10.0 Å². The summed E-state index contributed by atoms with van der Waals surface area (Å²) in [4.78, 5) is 13.2. The van der Waals surface area contributed by atoms with Crippen molar-refractivity contribution in [1.82, 2.24) is 10.2 Å². The van der Waals surface area contributed by atoms with E-state index in [-0.39, 0.29) is 5.02 Å². The zero-order valence-corrected chi connectivity index (χ0v) is 11.8. The van der Waals surface area contributed by atoms with Crippen LogP contribution < -0.4 is 5.32 Å². The van der Waals surface area contributed by atoms with Gasteiger partial charge in [0.25, 0.3) is 0 Å². The summed E-state index contributed by atoms with van der Waals surface area (Å²) in [7, 11) is 3.84. The van der Waals surface area contributed by atoms with Crippen molar-refractivity contribution in [1.29, 1.82) is 0 Å². The largest absolute Gasteiger partial charge is 0.480 e. The number of rotatable bonds is 6. The molecule has 0 spiro atoms. The lowest BCUT2D eigenvalue weighted by molar-refractivity contribution is -0.139. The number of nitrogens with one attached hydrogen (secondary N) is 1. The Morgan fingerprint density at radius 3 is 2.67 bits per heavy atom. The number of hydrogen-bond acceptors (Lipinski definition) is 3. The molecule has 0 aliphatic heterocycles. The van der Waals surface area contributed by atoms with E-state index in [1.54, 1.807) is 18.2 Å². The number of carbonyl (C=O) groups is 1. The van der Waals surface area contributed by atoms with Crippen molar-refractivity contribution in [2.45, 2.75) is 6.04 Å². The minimum absolute atomic E-state index is 0.281. The first-order valence-electron chi connectivity index (χ1n) is 5.48. The first kappa shape index (κ1) is 15.2. The highest BCUT2D eigenvalue weighted by Gasteiger charge is 2.22. The molecule has 0 saturated heterocycles. The van der Waals surface area contributed by atoms with Gasteiger partial charge >= 0.3 is 5.97 Å². The van der Waals surface area contributed by atoms with E-state index < -0.39 is 12.0 Å². The van der Waals surface area contributed by atoms with Crippen LogP contribution in [0.15, 0.2) is 18.2 Å². The number of benzene rings is 1. The quantitative estimate of drug-likeness (QED) is 0.844. The van der Waals surface area contributed by atoms with Gasteiger partial charge in [-0.25, -0.2) is 0 Å². The Bertz CT molecular complexity index is 425. The van der Waals surface area contributed by atoms with Crippen molar-refractivity contribution >= 4 is 29.2 Å². The molecule has 0 fully saturated rings. The Labute approximate surface area is 116 Å². The maximum atomic E-state index is 11.3. The molecule has 2 N–H and O–H groups in total. The highest BCUT2D eigenvalue weighted by atomic mass is 35.5. The van der Waals surface area contributed by atoms with Gasteiger partial charge in [0, 0.05) is 18.7 Å². The molecule has 18 heavy (non-hydrogen) atoms. The van der Waals surface area contributed by atoms with Crippen LogP contribution in [0.1, 0.15) is 11.6 Å². The Morgan fingerprint density at radius 2 is 2.11 bits per heavy atom. The summed E-state index contributed by atoms with van der Waals surface area (Å²) in [5.41, 5.74) is 0.482. The molecule has 0 aromatic heterocycles. The fraction of sp³-hybridized carbons (Fsp3) is 0.417. The van der Waals surface area contributed by atoms with Crippen LogP contribution in [0.3, 0.4) is 0 Å². The van der Waals surface area contributed by atoms with Gasteiger partial charge in [-0.3, -0.25) is 10.1 Å². The van der Waals surface area contributed by atoms with Crippen molar-refractivity contribution in [2.24, 2.45) is 0 Å². The molecule has 0 saturated carbocycles. The van der Waals surface area contributed by atoms with Gasteiger partial charge in [-0.05, 0) is 20.2 Å². The minimum Gasteiger partial charge on any atom is -0.480 e. The molecule has 0 amide bonds. The molecule has 0 bridgehead atoms. The van der Waals surface area contributed by atoms with Crippen molar-refractivity contribution in [3.8, 4) is 0 Å². The smallest absolute Gasteiger partial charge is 0.325 e. The molecule has 6 heteroatoms. The number of carboxylic acid groups (broad SMARTS) is 1. The summed E-state index contributed by atoms with van der Waals surface area (Å²) >= 11 is 11.9. The molecular formula is C12H16Cl2N2O2. The molecule has 0 heterocycles. The van der Waals surface area contributed by atoms with E-state index in [9.17, 15) is 9.90 Å². The van der Waals surface area contributed by atoms with E-state index in [1.807, 2.05) is 19.0 Å². The van der Waals surface area contributed by atoms with Gasteiger partial charge in [-0.1, -0.05) is 35.3 Å². The lowest BCUT2D eigenvalue weighted by atomic mass is 10.1. The van der Waals surface area contributed by atoms with Gasteiger partial charge in [0.15, 0.2) is 0 Å². The van der Waals surface area contributed by atoms with Gasteiger partial charge in [0.1, 0.15) is 6.04 Å². The van der Waals surface area contributed by atoms with Crippen molar-refractivity contribution in [3.05, 3.63) is 33.8 Å².